The van der Waals surface area contributed by atoms with Gasteiger partial charge in [-0.15, -0.1) is 0 Å². The minimum atomic E-state index is -0.189. The molecule has 0 unspecified atom stereocenters. The number of pyridine rings is 1. The SMILES string of the molecule is Cn1cc(C(=O)NCCc2ccc(Cl)cc2)c2c3ccccc3n(C)c2c1=O. The lowest BCUT2D eigenvalue weighted by Crippen LogP contribution is -2.28. The Kier molecular flexibility index (Phi) is 4.69. The standard InChI is InChI=1S/C22H20ClN3O2/c1-25-13-17(21(27)24-12-11-14-7-9-15(23)10-8-14)19-16-5-3-4-6-18(16)26(2)20(19)22(25)28/h3-10,13H,11-12H2,1-2H3,(H,24,27). The minimum absolute atomic E-state index is 0.119. The first-order valence-corrected chi connectivity index (χ1v) is 9.44. The fourth-order valence-corrected chi connectivity index (χ4v) is 3.76. The van der Waals surface area contributed by atoms with Crippen LogP contribution < -0.4 is 10.9 Å². The first-order chi connectivity index (χ1) is 13.5. The molecular formula is C22H20ClN3O2. The second-order valence-electron chi connectivity index (χ2n) is 6.89. The van der Waals surface area contributed by atoms with Crippen molar-refractivity contribution in [1.82, 2.24) is 14.5 Å². The van der Waals surface area contributed by atoms with Crippen molar-refractivity contribution in [3.05, 3.63) is 81.2 Å². The van der Waals surface area contributed by atoms with E-state index in [9.17, 15) is 9.59 Å². The largest absolute Gasteiger partial charge is 0.352 e. The van der Waals surface area contributed by atoms with Crippen molar-refractivity contribution in [1.29, 1.82) is 0 Å². The molecular weight excluding hydrogens is 374 g/mol. The monoisotopic (exact) mass is 393 g/mol. The van der Waals surface area contributed by atoms with Crippen LogP contribution in [0.15, 0.2) is 59.5 Å². The van der Waals surface area contributed by atoms with E-state index in [1.165, 1.54) is 4.57 Å². The van der Waals surface area contributed by atoms with Gasteiger partial charge in [0.2, 0.25) is 0 Å². The molecule has 6 heteroatoms. The quantitative estimate of drug-likeness (QED) is 0.575. The zero-order valence-corrected chi connectivity index (χ0v) is 16.5. The third kappa shape index (κ3) is 3.08. The molecule has 2 aromatic heterocycles. The van der Waals surface area contributed by atoms with Gasteiger partial charge in [0.15, 0.2) is 0 Å². The Hall–Kier alpha value is -3.05. The van der Waals surface area contributed by atoms with Crippen molar-refractivity contribution >= 4 is 39.3 Å². The molecule has 0 saturated heterocycles. The van der Waals surface area contributed by atoms with Gasteiger partial charge in [-0.05, 0) is 30.2 Å². The van der Waals surface area contributed by atoms with E-state index in [1.54, 1.807) is 13.2 Å². The molecule has 0 aliphatic heterocycles. The highest BCUT2D eigenvalue weighted by molar-refractivity contribution is 6.30. The summed E-state index contributed by atoms with van der Waals surface area (Å²) in [4.78, 5) is 25.7. The van der Waals surface area contributed by atoms with Gasteiger partial charge in [-0.25, -0.2) is 0 Å². The Morgan fingerprint density at radius 1 is 1.07 bits per heavy atom. The zero-order chi connectivity index (χ0) is 19.8. The van der Waals surface area contributed by atoms with Gasteiger partial charge in [0.1, 0.15) is 5.52 Å². The Morgan fingerprint density at radius 3 is 2.54 bits per heavy atom. The highest BCUT2D eigenvalue weighted by Crippen LogP contribution is 2.28. The Bertz CT molecular complexity index is 1250. The predicted molar refractivity (Wildman–Crippen MR) is 113 cm³/mol. The number of para-hydroxylation sites is 1. The van der Waals surface area contributed by atoms with E-state index in [0.717, 1.165) is 16.5 Å². The number of hydrogen-bond donors (Lipinski definition) is 1. The van der Waals surface area contributed by atoms with Crippen LogP contribution in [0.2, 0.25) is 5.02 Å². The van der Waals surface area contributed by atoms with E-state index < -0.39 is 0 Å². The number of aromatic nitrogens is 2. The second kappa shape index (κ2) is 7.17. The van der Waals surface area contributed by atoms with Crippen molar-refractivity contribution in [2.45, 2.75) is 6.42 Å². The van der Waals surface area contributed by atoms with Crippen LogP contribution in [0.4, 0.5) is 0 Å². The molecule has 2 heterocycles. The Morgan fingerprint density at radius 2 is 1.79 bits per heavy atom. The molecule has 4 aromatic rings. The lowest BCUT2D eigenvalue weighted by molar-refractivity contribution is 0.0955. The second-order valence-corrected chi connectivity index (χ2v) is 7.33. The summed E-state index contributed by atoms with van der Waals surface area (Å²) in [5.41, 5.74) is 2.95. The van der Waals surface area contributed by atoms with Crippen LogP contribution in [-0.2, 0) is 20.5 Å². The number of nitrogens with one attached hydrogen (secondary N) is 1. The molecule has 0 spiro atoms. The molecule has 0 aliphatic rings. The van der Waals surface area contributed by atoms with Gasteiger partial charge in [0, 0.05) is 48.1 Å². The molecule has 1 N–H and O–H groups in total. The highest BCUT2D eigenvalue weighted by atomic mass is 35.5. The fourth-order valence-electron chi connectivity index (χ4n) is 3.64. The molecule has 0 radical (unpaired) electrons. The lowest BCUT2D eigenvalue weighted by Gasteiger charge is -2.09. The van der Waals surface area contributed by atoms with Crippen LogP contribution in [-0.4, -0.2) is 21.6 Å². The van der Waals surface area contributed by atoms with Crippen LogP contribution in [0.1, 0.15) is 15.9 Å². The van der Waals surface area contributed by atoms with Gasteiger partial charge in [0.25, 0.3) is 11.5 Å². The molecule has 0 aliphatic carbocycles. The van der Waals surface area contributed by atoms with Crippen LogP contribution >= 0.6 is 11.6 Å². The highest BCUT2D eigenvalue weighted by Gasteiger charge is 2.20. The van der Waals surface area contributed by atoms with Crippen molar-refractivity contribution in [2.24, 2.45) is 14.1 Å². The van der Waals surface area contributed by atoms with Gasteiger partial charge in [-0.2, -0.15) is 0 Å². The van der Waals surface area contributed by atoms with E-state index >= 15 is 0 Å². The number of amides is 1. The molecule has 28 heavy (non-hydrogen) atoms. The summed E-state index contributed by atoms with van der Waals surface area (Å²) >= 11 is 5.91. The summed E-state index contributed by atoms with van der Waals surface area (Å²) in [5.74, 6) is -0.189. The molecule has 4 rings (SSSR count). The minimum Gasteiger partial charge on any atom is -0.352 e. The Labute approximate surface area is 167 Å². The number of nitrogens with zero attached hydrogens (tertiary/aromatic N) is 2. The normalized spacial score (nSPS) is 11.2. The predicted octanol–water partition coefficient (Wildman–Crippen LogP) is 3.66. The van der Waals surface area contributed by atoms with E-state index in [4.69, 9.17) is 11.6 Å². The number of aryl methyl sites for hydroxylation is 2. The van der Waals surface area contributed by atoms with E-state index in [1.807, 2.05) is 60.1 Å². The van der Waals surface area contributed by atoms with Crippen molar-refractivity contribution in [3.63, 3.8) is 0 Å². The number of fused-ring (bicyclic) bond motifs is 3. The van der Waals surface area contributed by atoms with E-state index in [0.29, 0.717) is 34.5 Å². The van der Waals surface area contributed by atoms with Crippen molar-refractivity contribution in [2.75, 3.05) is 6.54 Å². The van der Waals surface area contributed by atoms with E-state index in [2.05, 4.69) is 5.32 Å². The topological polar surface area (TPSA) is 56.0 Å². The molecule has 0 fully saturated rings. The summed E-state index contributed by atoms with van der Waals surface area (Å²) in [6.45, 7) is 0.496. The number of carbonyl (C=O) groups excluding carboxylic acids is 1. The van der Waals surface area contributed by atoms with Gasteiger partial charge in [-0.3, -0.25) is 9.59 Å². The third-order valence-electron chi connectivity index (χ3n) is 5.08. The first-order valence-electron chi connectivity index (χ1n) is 9.07. The average Bonchev–Trinajstić information content (AvgIpc) is 2.99. The van der Waals surface area contributed by atoms with Crippen LogP contribution in [0.5, 0.6) is 0 Å². The number of benzene rings is 2. The molecule has 5 nitrogen and oxygen atoms in total. The summed E-state index contributed by atoms with van der Waals surface area (Å²) in [6.07, 6.45) is 2.32. The first kappa shape index (κ1) is 18.3. The summed E-state index contributed by atoms with van der Waals surface area (Å²) < 4.78 is 3.33. The van der Waals surface area contributed by atoms with Gasteiger partial charge >= 0.3 is 0 Å². The number of carbonyl (C=O) groups is 1. The lowest BCUT2D eigenvalue weighted by atomic mass is 10.1. The Balaban J connectivity index is 1.70. The molecule has 0 bridgehead atoms. The smallest absolute Gasteiger partial charge is 0.274 e. The number of rotatable bonds is 4. The van der Waals surface area contributed by atoms with Crippen LogP contribution in [0.25, 0.3) is 21.8 Å². The zero-order valence-electron chi connectivity index (χ0n) is 15.7. The number of halogens is 1. The van der Waals surface area contributed by atoms with Crippen LogP contribution in [0, 0.1) is 0 Å². The molecule has 0 saturated carbocycles. The molecule has 1 amide bonds. The van der Waals surface area contributed by atoms with Crippen molar-refractivity contribution in [3.8, 4) is 0 Å². The maximum Gasteiger partial charge on any atom is 0.274 e. The third-order valence-corrected chi connectivity index (χ3v) is 5.33. The molecule has 2 aromatic carbocycles. The number of hydrogen-bond acceptors (Lipinski definition) is 2. The van der Waals surface area contributed by atoms with Gasteiger partial charge in [0.05, 0.1) is 5.56 Å². The maximum absolute atomic E-state index is 13.0. The summed E-state index contributed by atoms with van der Waals surface area (Å²) in [5, 5.41) is 5.27. The fraction of sp³-hybridized carbons (Fsp3) is 0.182. The van der Waals surface area contributed by atoms with Gasteiger partial charge < -0.3 is 14.5 Å². The maximum atomic E-state index is 13.0. The van der Waals surface area contributed by atoms with Crippen LogP contribution in [0.3, 0.4) is 0 Å². The molecule has 0 atom stereocenters. The summed E-state index contributed by atoms with van der Waals surface area (Å²) in [7, 11) is 3.53. The van der Waals surface area contributed by atoms with E-state index in [-0.39, 0.29) is 11.5 Å². The van der Waals surface area contributed by atoms with Crippen molar-refractivity contribution < 1.29 is 4.79 Å². The average molecular weight is 394 g/mol. The molecule has 142 valence electrons. The summed E-state index contributed by atoms with van der Waals surface area (Å²) in [6, 6.07) is 15.3. The van der Waals surface area contributed by atoms with Gasteiger partial charge in [-0.1, -0.05) is 41.9 Å².